The molecular weight excluding hydrogens is 370 g/mol. The Morgan fingerprint density at radius 2 is 1.59 bits per heavy atom. The number of piperidine rings is 1. The van der Waals surface area contributed by atoms with Gasteiger partial charge in [-0.1, -0.05) is 49.6 Å². The molecule has 3 atom stereocenters. The third-order valence-corrected chi connectivity index (χ3v) is 6.36. The average molecular weight is 398 g/mol. The Bertz CT molecular complexity index is 822. The van der Waals surface area contributed by atoms with Crippen LogP contribution < -0.4 is 5.32 Å². The maximum Gasteiger partial charge on any atom is 0.241 e. The molecule has 0 bridgehead atoms. The lowest BCUT2D eigenvalue weighted by atomic mass is 9.78. The number of hydrogen-bond acceptors (Lipinski definition) is 2. The molecule has 154 valence electrons. The zero-order valence-electron chi connectivity index (χ0n) is 16.6. The summed E-state index contributed by atoms with van der Waals surface area (Å²) in [7, 11) is 0. The maximum absolute atomic E-state index is 13.5. The van der Waals surface area contributed by atoms with Crippen LogP contribution in [-0.2, 0) is 4.79 Å². The zero-order chi connectivity index (χ0) is 20.2. The van der Waals surface area contributed by atoms with Crippen molar-refractivity contribution in [3.05, 3.63) is 65.7 Å². The normalized spacial score (nSPS) is 25.5. The number of nitrogens with zero attached hydrogens (tertiary/aromatic N) is 1. The van der Waals surface area contributed by atoms with Crippen LogP contribution in [0, 0.1) is 11.6 Å². The van der Waals surface area contributed by atoms with Gasteiger partial charge in [0.15, 0.2) is 0 Å². The molecule has 0 spiro atoms. The summed E-state index contributed by atoms with van der Waals surface area (Å²) >= 11 is 0. The van der Waals surface area contributed by atoms with E-state index in [-0.39, 0.29) is 17.6 Å². The molecule has 1 aliphatic heterocycles. The van der Waals surface area contributed by atoms with Gasteiger partial charge < -0.3 is 5.32 Å². The average Bonchev–Trinajstić information content (AvgIpc) is 2.73. The van der Waals surface area contributed by atoms with Gasteiger partial charge in [0, 0.05) is 17.8 Å². The first-order valence-electron chi connectivity index (χ1n) is 10.7. The first-order valence-corrected chi connectivity index (χ1v) is 10.7. The minimum absolute atomic E-state index is 0.160. The second-order valence-electron chi connectivity index (χ2n) is 8.27. The van der Waals surface area contributed by atoms with Gasteiger partial charge in [-0.15, -0.1) is 0 Å². The van der Waals surface area contributed by atoms with Gasteiger partial charge in [-0.3, -0.25) is 9.69 Å². The quantitative estimate of drug-likeness (QED) is 0.739. The largest absolute Gasteiger partial charge is 0.325 e. The van der Waals surface area contributed by atoms with Crippen molar-refractivity contribution in [3.63, 3.8) is 0 Å². The second kappa shape index (κ2) is 9.04. The predicted molar refractivity (Wildman–Crippen MR) is 111 cm³/mol. The number of nitrogens with one attached hydrogen (secondary N) is 1. The second-order valence-corrected chi connectivity index (χ2v) is 8.27. The van der Waals surface area contributed by atoms with Gasteiger partial charge in [0.2, 0.25) is 5.91 Å². The number of amides is 1. The van der Waals surface area contributed by atoms with E-state index >= 15 is 0 Å². The molecule has 0 radical (unpaired) electrons. The fourth-order valence-electron chi connectivity index (χ4n) is 5.08. The van der Waals surface area contributed by atoms with E-state index in [2.05, 4.69) is 34.5 Å². The third-order valence-electron chi connectivity index (χ3n) is 6.36. The van der Waals surface area contributed by atoms with E-state index in [1.54, 1.807) is 0 Å². The summed E-state index contributed by atoms with van der Waals surface area (Å²) in [5, 5.41) is 2.76. The number of hydrogen-bond donors (Lipinski definition) is 1. The van der Waals surface area contributed by atoms with Crippen LogP contribution in [-0.4, -0.2) is 29.4 Å². The van der Waals surface area contributed by atoms with Crippen LogP contribution in [0.3, 0.4) is 0 Å². The van der Waals surface area contributed by atoms with Crippen LogP contribution in [0.1, 0.15) is 56.4 Å². The highest BCUT2D eigenvalue weighted by Crippen LogP contribution is 2.38. The van der Waals surface area contributed by atoms with Gasteiger partial charge in [-0.25, -0.2) is 8.78 Å². The highest BCUT2D eigenvalue weighted by molar-refractivity contribution is 5.94. The molecule has 1 amide bonds. The number of carbonyl (C=O) groups excluding carboxylic acids is 1. The fourth-order valence-corrected chi connectivity index (χ4v) is 5.08. The molecule has 29 heavy (non-hydrogen) atoms. The van der Waals surface area contributed by atoms with Crippen LogP contribution in [0.4, 0.5) is 14.5 Å². The highest BCUT2D eigenvalue weighted by atomic mass is 19.1. The summed E-state index contributed by atoms with van der Waals surface area (Å²) in [5.41, 5.74) is 1.52. The van der Waals surface area contributed by atoms with E-state index in [9.17, 15) is 13.6 Å². The van der Waals surface area contributed by atoms with Crippen molar-refractivity contribution in [2.75, 3.05) is 11.9 Å². The van der Waals surface area contributed by atoms with E-state index < -0.39 is 11.6 Å². The van der Waals surface area contributed by atoms with Gasteiger partial charge in [0.1, 0.15) is 11.6 Å². The molecule has 2 aromatic rings. The number of benzene rings is 2. The van der Waals surface area contributed by atoms with Crippen LogP contribution in [0.5, 0.6) is 0 Å². The molecule has 3 nitrogen and oxygen atoms in total. The van der Waals surface area contributed by atoms with E-state index in [0.29, 0.717) is 12.0 Å². The summed E-state index contributed by atoms with van der Waals surface area (Å²) in [6.07, 6.45) is 7.46. The Balaban J connectivity index is 1.55. The van der Waals surface area contributed by atoms with E-state index in [1.165, 1.54) is 30.5 Å². The smallest absolute Gasteiger partial charge is 0.241 e. The molecule has 2 fully saturated rings. The molecule has 0 aromatic heterocycles. The summed E-state index contributed by atoms with van der Waals surface area (Å²) in [5.74, 6) is -1.11. The molecule has 1 saturated carbocycles. The Morgan fingerprint density at radius 3 is 2.34 bits per heavy atom. The third kappa shape index (κ3) is 4.67. The van der Waals surface area contributed by atoms with Gasteiger partial charge in [-0.05, 0) is 55.8 Å². The van der Waals surface area contributed by atoms with Crippen molar-refractivity contribution < 1.29 is 13.6 Å². The van der Waals surface area contributed by atoms with Crippen LogP contribution >= 0.6 is 0 Å². The SMILES string of the molecule is O=C(Nc1cc(F)cc(F)c1)C1CCCCN1[C@@H]1CCCC[C@@H]1c1ccccc1. The molecule has 1 N–H and O–H groups in total. The summed E-state index contributed by atoms with van der Waals surface area (Å²) < 4.78 is 27.1. The van der Waals surface area contributed by atoms with Crippen molar-refractivity contribution in [3.8, 4) is 0 Å². The van der Waals surface area contributed by atoms with Crippen molar-refractivity contribution in [2.45, 2.75) is 62.9 Å². The van der Waals surface area contributed by atoms with Crippen molar-refractivity contribution in [1.29, 1.82) is 0 Å². The Morgan fingerprint density at radius 1 is 0.897 bits per heavy atom. The van der Waals surface area contributed by atoms with Crippen molar-refractivity contribution in [1.82, 2.24) is 4.90 Å². The molecule has 5 heteroatoms. The standard InChI is InChI=1S/C24H28F2N2O/c25-18-14-19(26)16-20(15-18)27-24(29)23-12-6-7-13-28(23)22-11-5-4-10-21(22)17-8-2-1-3-9-17/h1-3,8-9,14-16,21-23H,4-7,10-13H2,(H,27,29)/t21-,22-,23?/m1/s1. The monoisotopic (exact) mass is 398 g/mol. The number of carbonyl (C=O) groups is 1. The Labute approximate surface area is 171 Å². The number of likely N-dealkylation sites (tertiary alicyclic amines) is 1. The maximum atomic E-state index is 13.5. The fraction of sp³-hybridized carbons (Fsp3) is 0.458. The lowest BCUT2D eigenvalue weighted by molar-refractivity contribution is -0.124. The minimum Gasteiger partial charge on any atom is -0.325 e. The van der Waals surface area contributed by atoms with Crippen molar-refractivity contribution >= 4 is 11.6 Å². The van der Waals surface area contributed by atoms with E-state index in [4.69, 9.17) is 0 Å². The summed E-state index contributed by atoms with van der Waals surface area (Å²) in [6, 6.07) is 13.8. The zero-order valence-corrected chi connectivity index (χ0v) is 16.6. The lowest BCUT2D eigenvalue weighted by Gasteiger charge is -2.45. The highest BCUT2D eigenvalue weighted by Gasteiger charge is 2.38. The van der Waals surface area contributed by atoms with Gasteiger partial charge in [-0.2, -0.15) is 0 Å². The van der Waals surface area contributed by atoms with Gasteiger partial charge in [0.25, 0.3) is 0 Å². The molecular formula is C24H28F2N2O. The number of rotatable bonds is 4. The van der Waals surface area contributed by atoms with E-state index in [1.807, 2.05) is 6.07 Å². The van der Waals surface area contributed by atoms with Crippen LogP contribution in [0.15, 0.2) is 48.5 Å². The molecule has 1 heterocycles. The Hall–Kier alpha value is -2.27. The minimum atomic E-state index is -0.683. The first-order chi connectivity index (χ1) is 14.1. The topological polar surface area (TPSA) is 32.3 Å². The molecule has 2 aromatic carbocycles. The lowest BCUT2D eigenvalue weighted by Crippen LogP contribution is -2.54. The molecule has 1 saturated heterocycles. The molecule has 2 aliphatic rings. The van der Waals surface area contributed by atoms with Crippen molar-refractivity contribution in [2.24, 2.45) is 0 Å². The molecule has 1 aliphatic carbocycles. The number of halogens is 2. The van der Waals surface area contributed by atoms with Gasteiger partial charge in [0.05, 0.1) is 6.04 Å². The molecule has 1 unspecified atom stereocenters. The van der Waals surface area contributed by atoms with E-state index in [0.717, 1.165) is 44.7 Å². The van der Waals surface area contributed by atoms with Gasteiger partial charge >= 0.3 is 0 Å². The first kappa shape index (κ1) is 20.0. The Kier molecular flexibility index (Phi) is 6.24. The van der Waals surface area contributed by atoms with Crippen LogP contribution in [0.25, 0.3) is 0 Å². The summed E-state index contributed by atoms with van der Waals surface area (Å²) in [4.78, 5) is 15.5. The number of anilines is 1. The molecule has 4 rings (SSSR count). The summed E-state index contributed by atoms with van der Waals surface area (Å²) in [6.45, 7) is 0.892. The van der Waals surface area contributed by atoms with Crippen LogP contribution in [0.2, 0.25) is 0 Å². The predicted octanol–water partition coefficient (Wildman–Crippen LogP) is 5.48.